The van der Waals surface area contributed by atoms with E-state index >= 15 is 0 Å². The summed E-state index contributed by atoms with van der Waals surface area (Å²) in [4.78, 5) is 2.22. The van der Waals surface area contributed by atoms with Gasteiger partial charge in [0.1, 0.15) is 0 Å². The highest BCUT2D eigenvalue weighted by Gasteiger charge is 2.32. The molecule has 0 bridgehead atoms. The van der Waals surface area contributed by atoms with E-state index in [-0.39, 0.29) is 0 Å². The summed E-state index contributed by atoms with van der Waals surface area (Å²) in [5.41, 5.74) is 5.66. The van der Waals surface area contributed by atoms with Crippen molar-refractivity contribution in [3.8, 4) is 0 Å². The number of hydrogen-bond acceptors (Lipinski definition) is 3. The molecule has 0 aromatic carbocycles. The third kappa shape index (κ3) is 4.94. The molecule has 1 aliphatic carbocycles. The largest absolute Gasteiger partial charge is 0.389 e. The Labute approximate surface area is 106 Å². The van der Waals surface area contributed by atoms with Crippen molar-refractivity contribution in [3.05, 3.63) is 0 Å². The zero-order valence-corrected chi connectivity index (χ0v) is 12.1. The van der Waals surface area contributed by atoms with Gasteiger partial charge in [0.2, 0.25) is 0 Å². The van der Waals surface area contributed by atoms with E-state index in [1.165, 1.54) is 6.42 Å². The van der Waals surface area contributed by atoms with Crippen LogP contribution in [0, 0.1) is 17.8 Å². The Balaban J connectivity index is 2.49. The van der Waals surface area contributed by atoms with Gasteiger partial charge in [-0.2, -0.15) is 0 Å². The van der Waals surface area contributed by atoms with Crippen LogP contribution in [-0.4, -0.2) is 41.8 Å². The number of nitrogens with zero attached hydrogens (tertiary/aromatic N) is 1. The van der Waals surface area contributed by atoms with E-state index in [9.17, 15) is 5.11 Å². The lowest BCUT2D eigenvalue weighted by Crippen LogP contribution is -2.48. The first kappa shape index (κ1) is 14.9. The lowest BCUT2D eigenvalue weighted by atomic mass is 9.72. The molecule has 0 heterocycles. The third-order valence-corrected chi connectivity index (χ3v) is 3.91. The van der Waals surface area contributed by atoms with E-state index in [1.54, 1.807) is 0 Å². The van der Waals surface area contributed by atoms with Crippen LogP contribution in [0.25, 0.3) is 0 Å². The Hall–Kier alpha value is -0.120. The summed E-state index contributed by atoms with van der Waals surface area (Å²) in [6, 6.07) is 0.318. The molecule has 0 spiro atoms. The molecule has 1 saturated carbocycles. The maximum atomic E-state index is 9.82. The molecule has 3 N–H and O–H groups in total. The number of likely N-dealkylation sites (N-methyl/N-ethyl adjacent to an activating group) is 1. The Morgan fingerprint density at radius 1 is 1.29 bits per heavy atom. The molecule has 0 radical (unpaired) electrons. The van der Waals surface area contributed by atoms with Gasteiger partial charge in [-0.25, -0.2) is 0 Å². The van der Waals surface area contributed by atoms with Crippen molar-refractivity contribution >= 4 is 0 Å². The summed E-state index contributed by atoms with van der Waals surface area (Å²) in [6.45, 7) is 10.0. The van der Waals surface area contributed by atoms with Crippen LogP contribution >= 0.6 is 0 Å². The van der Waals surface area contributed by atoms with E-state index in [1.807, 2.05) is 13.8 Å². The molecule has 1 aliphatic rings. The van der Waals surface area contributed by atoms with E-state index in [4.69, 9.17) is 5.73 Å². The lowest BCUT2D eigenvalue weighted by Gasteiger charge is -2.40. The smallest absolute Gasteiger partial charge is 0.0718 e. The highest BCUT2D eigenvalue weighted by Crippen LogP contribution is 2.33. The third-order valence-electron chi connectivity index (χ3n) is 3.91. The van der Waals surface area contributed by atoms with Crippen molar-refractivity contribution in [2.45, 2.75) is 52.2 Å². The molecule has 0 aliphatic heterocycles. The summed E-state index contributed by atoms with van der Waals surface area (Å²) in [5, 5.41) is 9.82. The van der Waals surface area contributed by atoms with Crippen LogP contribution in [0.4, 0.5) is 0 Å². The zero-order chi connectivity index (χ0) is 13.2. The summed E-state index contributed by atoms with van der Waals surface area (Å²) in [7, 11) is 2.08. The van der Waals surface area contributed by atoms with E-state index in [0.717, 1.165) is 18.9 Å². The number of aliphatic hydroxyl groups is 1. The molecule has 0 aromatic rings. The van der Waals surface area contributed by atoms with Gasteiger partial charge in [0.05, 0.1) is 5.60 Å². The summed E-state index contributed by atoms with van der Waals surface area (Å²) < 4.78 is 0. The first-order valence-corrected chi connectivity index (χ1v) is 6.85. The quantitative estimate of drug-likeness (QED) is 0.789. The maximum Gasteiger partial charge on any atom is 0.0718 e. The van der Waals surface area contributed by atoms with Crippen LogP contribution in [0.15, 0.2) is 0 Å². The monoisotopic (exact) mass is 242 g/mol. The summed E-state index contributed by atoms with van der Waals surface area (Å²) in [5.74, 6) is 2.02. The molecule has 4 unspecified atom stereocenters. The zero-order valence-electron chi connectivity index (χ0n) is 12.1. The minimum atomic E-state index is -0.621. The van der Waals surface area contributed by atoms with Crippen molar-refractivity contribution in [1.29, 1.82) is 0 Å². The first-order chi connectivity index (χ1) is 7.69. The fourth-order valence-electron chi connectivity index (χ4n) is 3.37. The van der Waals surface area contributed by atoms with E-state index in [0.29, 0.717) is 24.4 Å². The van der Waals surface area contributed by atoms with Crippen LogP contribution in [-0.2, 0) is 0 Å². The Kier molecular flexibility index (Phi) is 4.99. The van der Waals surface area contributed by atoms with Gasteiger partial charge in [0.25, 0.3) is 0 Å². The lowest BCUT2D eigenvalue weighted by molar-refractivity contribution is 0.0301. The molecular formula is C14H30N2O. The normalized spacial score (nSPS) is 35.3. The van der Waals surface area contributed by atoms with Crippen LogP contribution in [0.2, 0.25) is 0 Å². The van der Waals surface area contributed by atoms with Gasteiger partial charge in [-0.05, 0) is 51.5 Å². The van der Waals surface area contributed by atoms with Gasteiger partial charge in [-0.3, -0.25) is 0 Å². The van der Waals surface area contributed by atoms with Gasteiger partial charge in [-0.15, -0.1) is 0 Å². The molecule has 102 valence electrons. The molecule has 1 rings (SSSR count). The topological polar surface area (TPSA) is 49.5 Å². The van der Waals surface area contributed by atoms with Crippen molar-refractivity contribution in [2.75, 3.05) is 20.1 Å². The predicted molar refractivity (Wildman–Crippen MR) is 72.8 cm³/mol. The van der Waals surface area contributed by atoms with Crippen molar-refractivity contribution < 1.29 is 5.11 Å². The molecule has 1 fully saturated rings. The van der Waals surface area contributed by atoms with Crippen molar-refractivity contribution in [3.63, 3.8) is 0 Å². The Morgan fingerprint density at radius 2 is 1.88 bits per heavy atom. The fraction of sp³-hybridized carbons (Fsp3) is 1.00. The molecule has 17 heavy (non-hydrogen) atoms. The highest BCUT2D eigenvalue weighted by atomic mass is 16.3. The maximum absolute atomic E-state index is 9.82. The Bertz CT molecular complexity index is 225. The molecule has 3 nitrogen and oxygen atoms in total. The average Bonchev–Trinajstić information content (AvgIpc) is 2.08. The van der Waals surface area contributed by atoms with Crippen LogP contribution in [0.1, 0.15) is 40.5 Å². The second-order valence-corrected chi connectivity index (χ2v) is 6.89. The standard InChI is InChI=1S/C14H30N2O/c1-10-6-11(2)12(13(15)7-10)8-16(5)9-14(3,4)17/h10-13,17H,6-9,15H2,1-5H3. The van der Waals surface area contributed by atoms with Gasteiger partial charge in [0.15, 0.2) is 0 Å². The van der Waals surface area contributed by atoms with Crippen LogP contribution in [0.3, 0.4) is 0 Å². The number of hydrogen-bond donors (Lipinski definition) is 2. The molecule has 3 heteroatoms. The highest BCUT2D eigenvalue weighted by molar-refractivity contribution is 4.87. The van der Waals surface area contributed by atoms with Crippen LogP contribution in [0.5, 0.6) is 0 Å². The minimum absolute atomic E-state index is 0.318. The molecule has 0 saturated heterocycles. The van der Waals surface area contributed by atoms with Gasteiger partial charge < -0.3 is 15.7 Å². The van der Waals surface area contributed by atoms with Crippen molar-refractivity contribution in [1.82, 2.24) is 4.90 Å². The summed E-state index contributed by atoms with van der Waals surface area (Å²) in [6.07, 6.45) is 2.43. The predicted octanol–water partition coefficient (Wildman–Crippen LogP) is 1.70. The van der Waals surface area contributed by atoms with Crippen LogP contribution < -0.4 is 5.73 Å². The second-order valence-electron chi connectivity index (χ2n) is 6.89. The second kappa shape index (κ2) is 5.68. The van der Waals surface area contributed by atoms with E-state index in [2.05, 4.69) is 25.8 Å². The van der Waals surface area contributed by atoms with Gasteiger partial charge in [-0.1, -0.05) is 13.8 Å². The first-order valence-electron chi connectivity index (χ1n) is 6.85. The van der Waals surface area contributed by atoms with E-state index < -0.39 is 5.60 Å². The van der Waals surface area contributed by atoms with Gasteiger partial charge >= 0.3 is 0 Å². The summed E-state index contributed by atoms with van der Waals surface area (Å²) >= 11 is 0. The fourth-order valence-corrected chi connectivity index (χ4v) is 3.37. The molecule has 4 atom stereocenters. The SMILES string of the molecule is CC1CC(C)C(CN(C)CC(C)(C)O)C(N)C1. The van der Waals surface area contributed by atoms with Crippen molar-refractivity contribution in [2.24, 2.45) is 23.5 Å². The molecule has 0 amide bonds. The minimum Gasteiger partial charge on any atom is -0.389 e. The number of rotatable bonds is 4. The molecular weight excluding hydrogens is 212 g/mol. The van der Waals surface area contributed by atoms with Gasteiger partial charge in [0, 0.05) is 19.1 Å². The number of nitrogens with two attached hydrogens (primary N) is 1. The average molecular weight is 242 g/mol. The molecule has 0 aromatic heterocycles. The Morgan fingerprint density at radius 3 is 2.35 bits per heavy atom.